The minimum Gasteiger partial charge on any atom is -0.439 e. The number of benzene rings is 1. The monoisotopic (exact) mass is 243 g/mol. The van der Waals surface area contributed by atoms with Gasteiger partial charge in [-0.05, 0) is 31.0 Å². The molecule has 0 aliphatic rings. The molecule has 1 N–H and O–H groups in total. The standard InChI is InChI=1S/C14H17N3O/c1-3-11-5-7-12(8-6-11)18-13-9-10-16-14(17-13)15-4-2/h5-10H,3-4H2,1-2H3,(H,15,16,17). The Hall–Kier alpha value is -2.10. The van der Waals surface area contributed by atoms with Gasteiger partial charge in [0.2, 0.25) is 11.8 Å². The maximum atomic E-state index is 5.67. The average molecular weight is 243 g/mol. The Balaban J connectivity index is 2.09. The summed E-state index contributed by atoms with van der Waals surface area (Å²) in [5.41, 5.74) is 1.29. The van der Waals surface area contributed by atoms with Gasteiger partial charge in [-0.15, -0.1) is 0 Å². The van der Waals surface area contributed by atoms with E-state index in [-0.39, 0.29) is 0 Å². The lowest BCUT2D eigenvalue weighted by molar-refractivity contribution is 0.462. The lowest BCUT2D eigenvalue weighted by Gasteiger charge is -2.07. The van der Waals surface area contributed by atoms with Gasteiger partial charge < -0.3 is 10.1 Å². The van der Waals surface area contributed by atoms with Crippen LogP contribution in [0.1, 0.15) is 19.4 Å². The molecule has 2 rings (SSSR count). The van der Waals surface area contributed by atoms with Crippen LogP contribution in [0.5, 0.6) is 11.6 Å². The van der Waals surface area contributed by atoms with Crippen molar-refractivity contribution >= 4 is 5.95 Å². The number of aryl methyl sites for hydroxylation is 1. The van der Waals surface area contributed by atoms with Crippen LogP contribution in [0.3, 0.4) is 0 Å². The van der Waals surface area contributed by atoms with E-state index in [4.69, 9.17) is 4.74 Å². The van der Waals surface area contributed by atoms with E-state index in [2.05, 4.69) is 34.3 Å². The van der Waals surface area contributed by atoms with Crippen LogP contribution in [0.25, 0.3) is 0 Å². The molecule has 18 heavy (non-hydrogen) atoms. The van der Waals surface area contributed by atoms with Crippen LogP contribution in [0.4, 0.5) is 5.95 Å². The van der Waals surface area contributed by atoms with Gasteiger partial charge in [0.1, 0.15) is 5.75 Å². The molecule has 0 amide bonds. The SMILES string of the molecule is CCNc1nccc(Oc2ccc(CC)cc2)n1. The summed E-state index contributed by atoms with van der Waals surface area (Å²) < 4.78 is 5.67. The molecule has 94 valence electrons. The van der Waals surface area contributed by atoms with Crippen LogP contribution in [0.15, 0.2) is 36.5 Å². The molecule has 0 unspecified atom stereocenters. The lowest BCUT2D eigenvalue weighted by Crippen LogP contribution is -2.02. The molecular weight excluding hydrogens is 226 g/mol. The van der Waals surface area contributed by atoms with Crippen LogP contribution in [0, 0.1) is 0 Å². The van der Waals surface area contributed by atoms with Gasteiger partial charge in [0, 0.05) is 18.8 Å². The number of nitrogens with zero attached hydrogens (tertiary/aromatic N) is 2. The largest absolute Gasteiger partial charge is 0.439 e. The Morgan fingerprint density at radius 1 is 1.11 bits per heavy atom. The van der Waals surface area contributed by atoms with E-state index in [1.54, 1.807) is 12.3 Å². The summed E-state index contributed by atoms with van der Waals surface area (Å²) in [6, 6.07) is 9.76. The Morgan fingerprint density at radius 2 is 1.89 bits per heavy atom. The van der Waals surface area contributed by atoms with E-state index < -0.39 is 0 Å². The fourth-order valence-electron chi connectivity index (χ4n) is 1.56. The molecule has 0 bridgehead atoms. The second-order valence-corrected chi connectivity index (χ2v) is 3.85. The van der Waals surface area contributed by atoms with Crippen molar-refractivity contribution in [3.8, 4) is 11.6 Å². The van der Waals surface area contributed by atoms with Gasteiger partial charge in [-0.2, -0.15) is 4.98 Å². The maximum Gasteiger partial charge on any atom is 0.225 e. The van der Waals surface area contributed by atoms with E-state index in [0.29, 0.717) is 11.8 Å². The zero-order valence-corrected chi connectivity index (χ0v) is 10.7. The number of ether oxygens (including phenoxy) is 1. The Morgan fingerprint density at radius 3 is 2.56 bits per heavy atom. The van der Waals surface area contributed by atoms with E-state index in [1.807, 2.05) is 19.1 Å². The summed E-state index contributed by atoms with van der Waals surface area (Å²) in [6.07, 6.45) is 2.71. The normalized spacial score (nSPS) is 10.1. The van der Waals surface area contributed by atoms with Gasteiger partial charge in [-0.25, -0.2) is 4.98 Å². The van der Waals surface area contributed by atoms with E-state index in [9.17, 15) is 0 Å². The highest BCUT2D eigenvalue weighted by molar-refractivity contribution is 5.32. The Bertz CT molecular complexity index is 497. The van der Waals surface area contributed by atoms with Crippen molar-refractivity contribution < 1.29 is 4.74 Å². The summed E-state index contributed by atoms with van der Waals surface area (Å²) in [4.78, 5) is 8.35. The van der Waals surface area contributed by atoms with Crippen LogP contribution in [-0.4, -0.2) is 16.5 Å². The van der Waals surface area contributed by atoms with E-state index in [1.165, 1.54) is 5.56 Å². The third-order valence-electron chi connectivity index (χ3n) is 2.52. The van der Waals surface area contributed by atoms with Crippen molar-refractivity contribution in [2.75, 3.05) is 11.9 Å². The number of anilines is 1. The predicted octanol–water partition coefficient (Wildman–Crippen LogP) is 3.26. The van der Waals surface area contributed by atoms with Crippen LogP contribution >= 0.6 is 0 Å². The molecule has 2 aromatic rings. The number of hydrogen-bond donors (Lipinski definition) is 1. The van der Waals surface area contributed by atoms with Crippen molar-refractivity contribution in [1.29, 1.82) is 0 Å². The zero-order chi connectivity index (χ0) is 12.8. The van der Waals surface area contributed by atoms with E-state index >= 15 is 0 Å². The molecule has 0 saturated heterocycles. The van der Waals surface area contributed by atoms with Crippen molar-refractivity contribution in [3.63, 3.8) is 0 Å². The third kappa shape index (κ3) is 3.20. The minimum absolute atomic E-state index is 0.546. The fourth-order valence-corrected chi connectivity index (χ4v) is 1.56. The molecule has 0 radical (unpaired) electrons. The molecular formula is C14H17N3O. The van der Waals surface area contributed by atoms with Gasteiger partial charge in [0.05, 0.1) is 0 Å². The molecule has 4 heteroatoms. The van der Waals surface area contributed by atoms with Crippen molar-refractivity contribution in [3.05, 3.63) is 42.1 Å². The lowest BCUT2D eigenvalue weighted by atomic mass is 10.2. The molecule has 0 saturated carbocycles. The highest BCUT2D eigenvalue weighted by Crippen LogP contribution is 2.20. The van der Waals surface area contributed by atoms with Crippen molar-refractivity contribution in [2.24, 2.45) is 0 Å². The minimum atomic E-state index is 0.546. The quantitative estimate of drug-likeness (QED) is 0.875. The summed E-state index contributed by atoms with van der Waals surface area (Å²) in [5, 5.41) is 3.05. The molecule has 0 fully saturated rings. The number of rotatable bonds is 5. The molecule has 1 aromatic heterocycles. The first-order valence-electron chi connectivity index (χ1n) is 6.15. The maximum absolute atomic E-state index is 5.67. The third-order valence-corrected chi connectivity index (χ3v) is 2.52. The predicted molar refractivity (Wildman–Crippen MR) is 72.1 cm³/mol. The van der Waals surface area contributed by atoms with Gasteiger partial charge >= 0.3 is 0 Å². The first kappa shape index (κ1) is 12.4. The smallest absolute Gasteiger partial charge is 0.225 e. The molecule has 4 nitrogen and oxygen atoms in total. The second kappa shape index (κ2) is 6.00. The van der Waals surface area contributed by atoms with Gasteiger partial charge in [-0.1, -0.05) is 19.1 Å². The highest BCUT2D eigenvalue weighted by atomic mass is 16.5. The molecule has 1 heterocycles. The molecule has 0 aliphatic carbocycles. The summed E-state index contributed by atoms with van der Waals surface area (Å²) in [5.74, 6) is 1.92. The molecule has 0 aliphatic heterocycles. The van der Waals surface area contributed by atoms with Crippen molar-refractivity contribution in [1.82, 2.24) is 9.97 Å². The van der Waals surface area contributed by atoms with Crippen LogP contribution in [0.2, 0.25) is 0 Å². The van der Waals surface area contributed by atoms with Crippen LogP contribution < -0.4 is 10.1 Å². The fraction of sp³-hybridized carbons (Fsp3) is 0.286. The first-order chi connectivity index (χ1) is 8.81. The Labute approximate surface area is 107 Å². The summed E-state index contributed by atoms with van der Waals surface area (Å²) >= 11 is 0. The highest BCUT2D eigenvalue weighted by Gasteiger charge is 2.01. The number of hydrogen-bond acceptors (Lipinski definition) is 4. The van der Waals surface area contributed by atoms with Gasteiger partial charge in [0.25, 0.3) is 0 Å². The van der Waals surface area contributed by atoms with Crippen molar-refractivity contribution in [2.45, 2.75) is 20.3 Å². The topological polar surface area (TPSA) is 47.0 Å². The van der Waals surface area contributed by atoms with Crippen LogP contribution in [-0.2, 0) is 6.42 Å². The molecule has 0 spiro atoms. The average Bonchev–Trinajstić information content (AvgIpc) is 2.40. The second-order valence-electron chi connectivity index (χ2n) is 3.85. The summed E-state index contributed by atoms with van der Waals surface area (Å²) in [6.45, 7) is 4.91. The van der Waals surface area contributed by atoms with E-state index in [0.717, 1.165) is 18.7 Å². The first-order valence-corrected chi connectivity index (χ1v) is 6.15. The van der Waals surface area contributed by atoms with Gasteiger partial charge in [-0.3, -0.25) is 0 Å². The van der Waals surface area contributed by atoms with Gasteiger partial charge in [0.15, 0.2) is 0 Å². The zero-order valence-electron chi connectivity index (χ0n) is 10.7. The Kier molecular flexibility index (Phi) is 4.12. The summed E-state index contributed by atoms with van der Waals surface area (Å²) in [7, 11) is 0. The molecule has 0 atom stereocenters. The molecule has 1 aromatic carbocycles. The number of aromatic nitrogens is 2. The number of nitrogens with one attached hydrogen (secondary N) is 1.